The van der Waals surface area contributed by atoms with Gasteiger partial charge in [-0.3, -0.25) is 15.2 Å². The third-order valence-corrected chi connectivity index (χ3v) is 4.96. The molecule has 3 N–H and O–H groups in total. The largest absolute Gasteiger partial charge is 0.350 e. The Morgan fingerprint density at radius 3 is 3.00 bits per heavy atom. The SMILES string of the molecule is O=C1NCCC(=NNc2cccnc2)c2c1[nH]c(Br)c2Br. The molecule has 21 heavy (non-hydrogen) atoms. The second kappa shape index (κ2) is 5.98. The summed E-state index contributed by atoms with van der Waals surface area (Å²) >= 11 is 6.87. The number of halogens is 2. The van der Waals surface area contributed by atoms with Crippen LogP contribution in [0.3, 0.4) is 0 Å². The third-order valence-electron chi connectivity index (χ3n) is 3.04. The average molecular weight is 413 g/mol. The van der Waals surface area contributed by atoms with Crippen molar-refractivity contribution in [2.24, 2.45) is 5.10 Å². The number of hydrogen-bond donors (Lipinski definition) is 3. The highest BCUT2D eigenvalue weighted by Gasteiger charge is 2.26. The van der Waals surface area contributed by atoms with E-state index in [1.807, 2.05) is 12.1 Å². The van der Waals surface area contributed by atoms with E-state index in [1.165, 1.54) is 0 Å². The summed E-state index contributed by atoms with van der Waals surface area (Å²) < 4.78 is 1.51. The number of nitrogens with zero attached hydrogens (tertiary/aromatic N) is 2. The van der Waals surface area contributed by atoms with E-state index in [9.17, 15) is 4.79 Å². The number of hydrazone groups is 1. The second-order valence-electron chi connectivity index (χ2n) is 4.42. The van der Waals surface area contributed by atoms with Gasteiger partial charge in [-0.1, -0.05) is 0 Å². The lowest BCUT2D eigenvalue weighted by Gasteiger charge is -2.05. The van der Waals surface area contributed by atoms with Crippen molar-refractivity contribution < 1.29 is 4.79 Å². The molecule has 0 bridgehead atoms. The van der Waals surface area contributed by atoms with E-state index in [-0.39, 0.29) is 5.91 Å². The minimum absolute atomic E-state index is 0.136. The molecule has 0 saturated carbocycles. The number of rotatable bonds is 2. The minimum Gasteiger partial charge on any atom is -0.350 e. The van der Waals surface area contributed by atoms with Crippen LogP contribution in [0.5, 0.6) is 0 Å². The molecule has 2 aromatic heterocycles. The van der Waals surface area contributed by atoms with Crippen molar-refractivity contribution >= 4 is 49.2 Å². The van der Waals surface area contributed by atoms with E-state index in [4.69, 9.17) is 0 Å². The molecule has 1 aliphatic heterocycles. The molecule has 0 spiro atoms. The highest BCUT2D eigenvalue weighted by atomic mass is 79.9. The molecule has 6 nitrogen and oxygen atoms in total. The molecule has 8 heteroatoms. The summed E-state index contributed by atoms with van der Waals surface area (Å²) in [6.45, 7) is 0.541. The number of carbonyl (C=O) groups is 1. The molecule has 0 saturated heterocycles. The number of aromatic amines is 1. The van der Waals surface area contributed by atoms with E-state index in [2.05, 4.69) is 57.7 Å². The van der Waals surface area contributed by atoms with Crippen LogP contribution in [0.15, 0.2) is 38.7 Å². The standard InChI is InChI=1S/C13H11Br2N5O/c14-10-9-8(20-19-7-2-1-4-16-6-7)3-5-17-13(21)11(9)18-12(10)15/h1-2,4,6,18-19H,3,5H2,(H,17,21). The van der Waals surface area contributed by atoms with E-state index in [0.29, 0.717) is 18.7 Å². The first-order chi connectivity index (χ1) is 10.2. The molecule has 0 aliphatic carbocycles. The molecule has 0 atom stereocenters. The number of carbonyl (C=O) groups excluding carboxylic acids is 1. The molecule has 3 heterocycles. The number of anilines is 1. The van der Waals surface area contributed by atoms with Gasteiger partial charge < -0.3 is 10.3 Å². The Hall–Kier alpha value is -1.67. The lowest BCUT2D eigenvalue weighted by atomic mass is 10.1. The van der Waals surface area contributed by atoms with Gasteiger partial charge in [-0.2, -0.15) is 5.10 Å². The van der Waals surface area contributed by atoms with Crippen LogP contribution in [0.4, 0.5) is 5.69 Å². The van der Waals surface area contributed by atoms with Gasteiger partial charge in [0.15, 0.2) is 0 Å². The quantitative estimate of drug-likeness (QED) is 0.663. The van der Waals surface area contributed by atoms with Crippen molar-refractivity contribution in [2.75, 3.05) is 12.0 Å². The Morgan fingerprint density at radius 2 is 2.24 bits per heavy atom. The fourth-order valence-corrected chi connectivity index (χ4v) is 2.99. The van der Waals surface area contributed by atoms with Crippen LogP contribution < -0.4 is 10.7 Å². The van der Waals surface area contributed by atoms with E-state index >= 15 is 0 Å². The van der Waals surface area contributed by atoms with Crippen molar-refractivity contribution in [1.29, 1.82) is 0 Å². The van der Waals surface area contributed by atoms with E-state index in [0.717, 1.165) is 26.0 Å². The Labute approximate surface area is 137 Å². The highest BCUT2D eigenvalue weighted by molar-refractivity contribution is 9.13. The second-order valence-corrected chi connectivity index (χ2v) is 6.01. The van der Waals surface area contributed by atoms with Gasteiger partial charge in [0.05, 0.1) is 26.7 Å². The predicted octanol–water partition coefficient (Wildman–Crippen LogP) is 2.88. The first-order valence-corrected chi connectivity index (χ1v) is 7.83. The zero-order valence-electron chi connectivity index (χ0n) is 10.8. The zero-order valence-corrected chi connectivity index (χ0v) is 14.0. The van der Waals surface area contributed by atoms with Gasteiger partial charge >= 0.3 is 0 Å². The Kier molecular flexibility index (Phi) is 4.07. The lowest BCUT2D eigenvalue weighted by molar-refractivity contribution is 0.0951. The van der Waals surface area contributed by atoms with E-state index < -0.39 is 0 Å². The van der Waals surface area contributed by atoms with Crippen molar-refractivity contribution in [2.45, 2.75) is 6.42 Å². The molecule has 0 fully saturated rings. The lowest BCUT2D eigenvalue weighted by Crippen LogP contribution is -2.23. The molecule has 1 amide bonds. The summed E-state index contributed by atoms with van der Waals surface area (Å²) in [5, 5.41) is 7.26. The van der Waals surface area contributed by atoms with Gasteiger partial charge in [0.25, 0.3) is 5.91 Å². The van der Waals surface area contributed by atoms with Gasteiger partial charge in [-0.05, 0) is 44.0 Å². The van der Waals surface area contributed by atoms with Crippen molar-refractivity contribution in [3.8, 4) is 0 Å². The van der Waals surface area contributed by atoms with Crippen molar-refractivity contribution in [3.05, 3.63) is 44.9 Å². The highest BCUT2D eigenvalue weighted by Crippen LogP contribution is 2.31. The van der Waals surface area contributed by atoms with Gasteiger partial charge in [-0.25, -0.2) is 0 Å². The van der Waals surface area contributed by atoms with Gasteiger partial charge in [0.1, 0.15) is 5.69 Å². The Morgan fingerprint density at radius 1 is 1.38 bits per heavy atom. The smallest absolute Gasteiger partial charge is 0.268 e. The Balaban J connectivity index is 1.99. The molecule has 0 unspecified atom stereocenters. The van der Waals surface area contributed by atoms with Gasteiger partial charge in [0.2, 0.25) is 0 Å². The first-order valence-electron chi connectivity index (χ1n) is 6.25. The molecular weight excluding hydrogens is 402 g/mol. The van der Waals surface area contributed by atoms with Crippen LogP contribution >= 0.6 is 31.9 Å². The maximum absolute atomic E-state index is 12.0. The number of nitrogens with one attached hydrogen (secondary N) is 3. The summed E-state index contributed by atoms with van der Waals surface area (Å²) in [6.07, 6.45) is 4.02. The molecule has 1 aliphatic rings. The predicted molar refractivity (Wildman–Crippen MR) is 87.5 cm³/mol. The monoisotopic (exact) mass is 411 g/mol. The van der Waals surface area contributed by atoms with Crippen molar-refractivity contribution in [1.82, 2.24) is 15.3 Å². The van der Waals surface area contributed by atoms with E-state index in [1.54, 1.807) is 12.4 Å². The summed E-state index contributed by atoms with van der Waals surface area (Å²) in [5.41, 5.74) is 5.83. The molecule has 2 aromatic rings. The fourth-order valence-electron chi connectivity index (χ4n) is 2.07. The molecule has 0 aromatic carbocycles. The van der Waals surface area contributed by atoms with Crippen LogP contribution in [0.2, 0.25) is 0 Å². The Bertz CT molecular complexity index is 711. The molecule has 3 rings (SSSR count). The summed E-state index contributed by atoms with van der Waals surface area (Å²) in [4.78, 5) is 19.1. The number of amides is 1. The first kappa shape index (κ1) is 14.3. The summed E-state index contributed by atoms with van der Waals surface area (Å²) in [7, 11) is 0. The summed E-state index contributed by atoms with van der Waals surface area (Å²) in [6, 6.07) is 3.70. The normalized spacial score (nSPS) is 16.3. The van der Waals surface area contributed by atoms with Crippen LogP contribution in [0.25, 0.3) is 0 Å². The zero-order chi connectivity index (χ0) is 14.8. The number of fused-ring (bicyclic) bond motifs is 1. The number of aromatic nitrogens is 2. The van der Waals surface area contributed by atoms with Crippen molar-refractivity contribution in [3.63, 3.8) is 0 Å². The minimum atomic E-state index is -0.136. The third kappa shape index (κ3) is 2.86. The maximum Gasteiger partial charge on any atom is 0.268 e. The number of H-pyrrole nitrogens is 1. The fraction of sp³-hybridized carbons (Fsp3) is 0.154. The van der Waals surface area contributed by atoms with Crippen LogP contribution in [0.1, 0.15) is 22.5 Å². The molecular formula is C13H11Br2N5O. The van der Waals surface area contributed by atoms with Gasteiger partial charge in [0, 0.05) is 24.7 Å². The summed E-state index contributed by atoms with van der Waals surface area (Å²) in [5.74, 6) is -0.136. The number of pyridine rings is 1. The van der Waals surface area contributed by atoms with Crippen LogP contribution in [-0.2, 0) is 0 Å². The maximum atomic E-state index is 12.0. The topological polar surface area (TPSA) is 82.2 Å². The van der Waals surface area contributed by atoms with Gasteiger partial charge in [-0.15, -0.1) is 0 Å². The number of hydrogen-bond acceptors (Lipinski definition) is 4. The van der Waals surface area contributed by atoms with Crippen LogP contribution in [0, 0.1) is 0 Å². The van der Waals surface area contributed by atoms with Crippen LogP contribution in [-0.4, -0.2) is 28.1 Å². The molecule has 0 radical (unpaired) electrons. The average Bonchev–Trinajstić information content (AvgIpc) is 2.70. The molecule has 108 valence electrons.